The van der Waals surface area contributed by atoms with Gasteiger partial charge in [0.15, 0.2) is 0 Å². The van der Waals surface area contributed by atoms with Gasteiger partial charge in [-0.25, -0.2) is 9.59 Å². The third-order valence-electron chi connectivity index (χ3n) is 3.34. The molecule has 5 nitrogen and oxygen atoms in total. The number of carbonyl (C=O) groups is 1. The third kappa shape index (κ3) is 5.60. The van der Waals surface area contributed by atoms with Crippen LogP contribution in [0.1, 0.15) is 39.5 Å². The van der Waals surface area contributed by atoms with Crippen molar-refractivity contribution in [2.75, 3.05) is 6.61 Å². The summed E-state index contributed by atoms with van der Waals surface area (Å²) in [5.41, 5.74) is 0.371. The van der Waals surface area contributed by atoms with Crippen molar-refractivity contribution in [3.63, 3.8) is 0 Å². The van der Waals surface area contributed by atoms with E-state index in [1.54, 1.807) is 28.3 Å². The summed E-state index contributed by atoms with van der Waals surface area (Å²) >= 11 is 5.20. The summed E-state index contributed by atoms with van der Waals surface area (Å²) in [4.78, 5) is 23.3. The predicted molar refractivity (Wildman–Crippen MR) is 89.4 cm³/mol. The first-order valence-electron chi connectivity index (χ1n) is 7.60. The van der Waals surface area contributed by atoms with Crippen molar-refractivity contribution in [1.29, 1.82) is 0 Å². The van der Waals surface area contributed by atoms with Crippen LogP contribution < -0.4 is 5.69 Å². The van der Waals surface area contributed by atoms with Crippen molar-refractivity contribution in [1.82, 2.24) is 9.13 Å². The minimum atomic E-state index is -0.337. The second-order valence-corrected chi connectivity index (χ2v) is 5.62. The number of hydrogen-bond donors (Lipinski definition) is 0. The fourth-order valence-electron chi connectivity index (χ4n) is 2.02. The summed E-state index contributed by atoms with van der Waals surface area (Å²) < 4.78 is 8.88. The number of hydrogen-bond acceptors (Lipinski definition) is 4. The number of esters is 1. The quantitative estimate of drug-likeness (QED) is 0.303. The molecule has 0 aliphatic carbocycles. The summed E-state index contributed by atoms with van der Waals surface area (Å²) in [6.45, 7) is 8.78. The van der Waals surface area contributed by atoms with Crippen molar-refractivity contribution in [3.05, 3.63) is 39.5 Å². The molecular formula is C16H24N2O3S. The number of carbonyl (C=O) groups excluding carboxylic acids is 1. The number of unbranched alkanes of at least 4 members (excludes halogenated alkanes) is 3. The van der Waals surface area contributed by atoms with Gasteiger partial charge < -0.3 is 9.30 Å². The standard InChI is InChI=1S/C16H24N2O3S/c1-4-17-11-9-14(22)18(16(17)20)10-7-5-6-8-12-21-15(19)13(2)3/h9,11H,2,4-8,10,12H2,1,3H3. The van der Waals surface area contributed by atoms with Gasteiger partial charge in [0.25, 0.3) is 0 Å². The van der Waals surface area contributed by atoms with Gasteiger partial charge in [-0.05, 0) is 39.2 Å². The van der Waals surface area contributed by atoms with E-state index in [-0.39, 0.29) is 11.7 Å². The van der Waals surface area contributed by atoms with E-state index in [1.807, 2.05) is 6.92 Å². The minimum absolute atomic E-state index is 0.0506. The van der Waals surface area contributed by atoms with Crippen LogP contribution in [0.4, 0.5) is 0 Å². The predicted octanol–water partition coefficient (Wildman–Crippen LogP) is 3.08. The van der Waals surface area contributed by atoms with Crippen LogP contribution >= 0.6 is 12.2 Å². The van der Waals surface area contributed by atoms with Crippen molar-refractivity contribution >= 4 is 18.2 Å². The molecule has 0 unspecified atom stereocenters. The molecule has 22 heavy (non-hydrogen) atoms. The lowest BCUT2D eigenvalue weighted by Gasteiger charge is -2.09. The zero-order valence-electron chi connectivity index (χ0n) is 13.3. The lowest BCUT2D eigenvalue weighted by Crippen LogP contribution is -2.30. The number of rotatable bonds is 9. The van der Waals surface area contributed by atoms with Crippen molar-refractivity contribution in [2.24, 2.45) is 0 Å². The SMILES string of the molecule is C=C(C)C(=O)OCCCCCCn1c(=S)ccn(CC)c1=O. The number of aryl methyl sites for hydroxylation is 1. The van der Waals surface area contributed by atoms with E-state index in [1.165, 1.54) is 0 Å². The Morgan fingerprint density at radius 1 is 1.32 bits per heavy atom. The molecule has 0 amide bonds. The molecule has 0 atom stereocenters. The van der Waals surface area contributed by atoms with Crippen molar-refractivity contribution in [2.45, 2.75) is 52.6 Å². The van der Waals surface area contributed by atoms with Gasteiger partial charge in [0.1, 0.15) is 4.64 Å². The van der Waals surface area contributed by atoms with E-state index < -0.39 is 0 Å². The first-order chi connectivity index (χ1) is 10.5. The van der Waals surface area contributed by atoms with Crippen LogP contribution in [-0.2, 0) is 22.6 Å². The van der Waals surface area contributed by atoms with Crippen LogP contribution in [-0.4, -0.2) is 21.7 Å². The number of ether oxygens (including phenoxy) is 1. The monoisotopic (exact) mass is 324 g/mol. The largest absolute Gasteiger partial charge is 0.462 e. The van der Waals surface area contributed by atoms with Gasteiger partial charge >= 0.3 is 11.7 Å². The van der Waals surface area contributed by atoms with Crippen LogP contribution in [0.5, 0.6) is 0 Å². The Hall–Kier alpha value is -1.69. The van der Waals surface area contributed by atoms with Gasteiger partial charge in [0.2, 0.25) is 0 Å². The third-order valence-corrected chi connectivity index (χ3v) is 3.69. The van der Waals surface area contributed by atoms with E-state index in [2.05, 4.69) is 6.58 Å². The van der Waals surface area contributed by atoms with Gasteiger partial charge in [-0.15, -0.1) is 0 Å². The summed E-state index contributed by atoms with van der Waals surface area (Å²) in [6.07, 6.45) is 5.35. The van der Waals surface area contributed by atoms with Gasteiger partial charge in [-0.3, -0.25) is 4.57 Å². The van der Waals surface area contributed by atoms with Gasteiger partial charge in [0.05, 0.1) is 6.61 Å². The maximum absolute atomic E-state index is 12.1. The van der Waals surface area contributed by atoms with Crippen LogP contribution in [0.15, 0.2) is 29.2 Å². The lowest BCUT2D eigenvalue weighted by molar-refractivity contribution is -0.139. The Kier molecular flexibility index (Phi) is 7.80. The Labute approximate surface area is 136 Å². The van der Waals surface area contributed by atoms with Gasteiger partial charge in [0, 0.05) is 24.9 Å². The van der Waals surface area contributed by atoms with Gasteiger partial charge in [-0.1, -0.05) is 25.2 Å². The molecule has 1 aromatic rings. The van der Waals surface area contributed by atoms with Crippen LogP contribution in [0.2, 0.25) is 0 Å². The molecule has 122 valence electrons. The second kappa shape index (κ2) is 9.35. The molecule has 0 N–H and O–H groups in total. The molecule has 0 radical (unpaired) electrons. The average Bonchev–Trinajstić information content (AvgIpc) is 2.48. The molecule has 1 aromatic heterocycles. The Morgan fingerprint density at radius 2 is 2.00 bits per heavy atom. The molecule has 0 aliphatic rings. The molecular weight excluding hydrogens is 300 g/mol. The highest BCUT2D eigenvalue weighted by atomic mass is 32.1. The molecule has 0 fully saturated rings. The van der Waals surface area contributed by atoms with Crippen LogP contribution in [0.25, 0.3) is 0 Å². The van der Waals surface area contributed by atoms with E-state index in [9.17, 15) is 9.59 Å². The minimum Gasteiger partial charge on any atom is -0.462 e. The molecule has 6 heteroatoms. The lowest BCUT2D eigenvalue weighted by atomic mass is 10.2. The first-order valence-corrected chi connectivity index (χ1v) is 8.01. The summed E-state index contributed by atoms with van der Waals surface area (Å²) in [6, 6.07) is 1.79. The highest BCUT2D eigenvalue weighted by molar-refractivity contribution is 7.71. The number of nitrogens with zero attached hydrogens (tertiary/aromatic N) is 2. The molecule has 1 heterocycles. The Balaban J connectivity index is 2.31. The summed E-state index contributed by atoms with van der Waals surface area (Å²) in [7, 11) is 0. The zero-order valence-corrected chi connectivity index (χ0v) is 14.2. The van der Waals surface area contributed by atoms with E-state index >= 15 is 0 Å². The van der Waals surface area contributed by atoms with E-state index in [4.69, 9.17) is 17.0 Å². The molecule has 0 bridgehead atoms. The smallest absolute Gasteiger partial charge is 0.333 e. The highest BCUT2D eigenvalue weighted by Crippen LogP contribution is 2.03. The molecule has 0 aliphatic heterocycles. The molecule has 0 spiro atoms. The second-order valence-electron chi connectivity index (χ2n) is 5.20. The van der Waals surface area contributed by atoms with Crippen molar-refractivity contribution < 1.29 is 9.53 Å². The fourth-order valence-corrected chi connectivity index (χ4v) is 2.25. The maximum atomic E-state index is 12.1. The Bertz CT molecular complexity index is 631. The van der Waals surface area contributed by atoms with Crippen LogP contribution in [0, 0.1) is 4.64 Å². The summed E-state index contributed by atoms with van der Waals surface area (Å²) in [5.74, 6) is -0.337. The Morgan fingerprint density at radius 3 is 2.64 bits per heavy atom. The maximum Gasteiger partial charge on any atom is 0.333 e. The molecule has 0 saturated carbocycles. The topological polar surface area (TPSA) is 53.2 Å². The van der Waals surface area contributed by atoms with E-state index in [0.29, 0.717) is 29.9 Å². The highest BCUT2D eigenvalue weighted by Gasteiger charge is 2.03. The normalized spacial score (nSPS) is 10.5. The molecule has 0 aromatic carbocycles. The zero-order chi connectivity index (χ0) is 16.5. The van der Waals surface area contributed by atoms with Gasteiger partial charge in [-0.2, -0.15) is 0 Å². The average molecular weight is 324 g/mol. The fraction of sp³-hybridized carbons (Fsp3) is 0.562. The van der Waals surface area contributed by atoms with E-state index in [0.717, 1.165) is 25.7 Å². The van der Waals surface area contributed by atoms with Crippen LogP contribution in [0.3, 0.4) is 0 Å². The molecule has 0 saturated heterocycles. The molecule has 1 rings (SSSR count). The summed E-state index contributed by atoms with van der Waals surface area (Å²) in [5, 5.41) is 0. The first kappa shape index (κ1) is 18.4. The number of aromatic nitrogens is 2. The van der Waals surface area contributed by atoms with Crippen molar-refractivity contribution in [3.8, 4) is 0 Å².